The van der Waals surface area contributed by atoms with Crippen molar-refractivity contribution >= 4 is 29.3 Å². The van der Waals surface area contributed by atoms with E-state index in [1.807, 2.05) is 24.3 Å². The quantitative estimate of drug-likeness (QED) is 0.537. The molecule has 0 N–H and O–H groups in total. The van der Waals surface area contributed by atoms with Gasteiger partial charge in [0, 0.05) is 18.6 Å². The van der Waals surface area contributed by atoms with Crippen molar-refractivity contribution in [1.29, 1.82) is 0 Å². The molecule has 5 rings (SSSR count). The van der Waals surface area contributed by atoms with Gasteiger partial charge in [0.05, 0.1) is 10.8 Å². The number of rotatable bonds is 7. The number of likely N-dealkylation sites (tertiary alicyclic amines) is 1. The predicted octanol–water partition coefficient (Wildman–Crippen LogP) is 5.12. The van der Waals surface area contributed by atoms with Gasteiger partial charge in [0.25, 0.3) is 0 Å². The van der Waals surface area contributed by atoms with E-state index >= 15 is 0 Å². The molecule has 3 fully saturated rings. The van der Waals surface area contributed by atoms with Gasteiger partial charge in [-0.25, -0.2) is 0 Å². The van der Waals surface area contributed by atoms with Gasteiger partial charge >= 0.3 is 0 Å². The first-order chi connectivity index (χ1) is 15.2. The first kappa shape index (κ1) is 21.1. The van der Waals surface area contributed by atoms with Crippen molar-refractivity contribution in [2.45, 2.75) is 75.2 Å². The van der Waals surface area contributed by atoms with Crippen molar-refractivity contribution in [3.63, 3.8) is 0 Å². The van der Waals surface area contributed by atoms with E-state index in [-0.39, 0.29) is 5.91 Å². The van der Waals surface area contributed by atoms with Crippen LogP contribution in [0, 0.1) is 5.92 Å². The lowest BCUT2D eigenvalue weighted by Crippen LogP contribution is -2.50. The van der Waals surface area contributed by atoms with Crippen molar-refractivity contribution in [2.75, 3.05) is 12.3 Å². The largest absolute Gasteiger partial charge is 0.484 e. The minimum absolute atomic E-state index is 0.251. The van der Waals surface area contributed by atoms with E-state index in [0.717, 1.165) is 36.8 Å². The molecule has 8 heteroatoms. The molecule has 2 atom stereocenters. The molecule has 0 unspecified atom stereocenters. The van der Waals surface area contributed by atoms with E-state index in [1.54, 1.807) is 0 Å². The van der Waals surface area contributed by atoms with Crippen molar-refractivity contribution < 1.29 is 9.53 Å². The Kier molecular flexibility index (Phi) is 6.41. The summed E-state index contributed by atoms with van der Waals surface area (Å²) in [5, 5.41) is 10.2. The van der Waals surface area contributed by atoms with Crippen LogP contribution in [-0.2, 0) is 11.4 Å². The van der Waals surface area contributed by atoms with E-state index < -0.39 is 0 Å². The Morgan fingerprint density at radius 3 is 2.74 bits per heavy atom. The van der Waals surface area contributed by atoms with Crippen LogP contribution in [0.15, 0.2) is 29.4 Å². The number of para-hydroxylation sites is 1. The highest BCUT2D eigenvalue weighted by Gasteiger charge is 2.36. The Morgan fingerprint density at radius 1 is 1.10 bits per heavy atom. The molecule has 1 aromatic carbocycles. The highest BCUT2D eigenvalue weighted by atomic mass is 35.5. The summed E-state index contributed by atoms with van der Waals surface area (Å²) in [5.74, 6) is 2.83. The standard InChI is InChI=1S/C23H29ClN4O2S/c24-18-8-2-4-10-20(18)30-14-21-25-26-23(28(21)17-11-12-17)31-15-22(29)27-13-5-7-16-6-1-3-9-19(16)27/h2,4,8,10,16-17,19H,1,3,5-7,9,11-15H2/t16-,19+/m1/s1. The Hall–Kier alpha value is -1.73. The van der Waals surface area contributed by atoms with Gasteiger partial charge in [0.15, 0.2) is 11.0 Å². The Labute approximate surface area is 192 Å². The summed E-state index contributed by atoms with van der Waals surface area (Å²) in [6.07, 6.45) is 9.69. The average molecular weight is 461 g/mol. The van der Waals surface area contributed by atoms with Gasteiger partial charge in [-0.05, 0) is 56.6 Å². The fourth-order valence-corrected chi connectivity index (χ4v) is 6.15. The van der Waals surface area contributed by atoms with Crippen molar-refractivity contribution in [1.82, 2.24) is 19.7 Å². The van der Waals surface area contributed by atoms with Crippen LogP contribution in [-0.4, -0.2) is 43.9 Å². The third kappa shape index (κ3) is 4.72. The second kappa shape index (κ2) is 9.41. The van der Waals surface area contributed by atoms with Crippen LogP contribution in [0.3, 0.4) is 0 Å². The van der Waals surface area contributed by atoms with Gasteiger partial charge in [0.1, 0.15) is 12.4 Å². The molecule has 166 valence electrons. The molecule has 1 amide bonds. The van der Waals surface area contributed by atoms with E-state index in [1.165, 1.54) is 43.9 Å². The van der Waals surface area contributed by atoms with Crippen LogP contribution < -0.4 is 4.74 Å². The number of aromatic nitrogens is 3. The fraction of sp³-hybridized carbons (Fsp3) is 0.609. The zero-order chi connectivity index (χ0) is 21.2. The Bertz CT molecular complexity index is 930. The molecule has 6 nitrogen and oxygen atoms in total. The molecule has 2 saturated carbocycles. The molecule has 2 aromatic rings. The SMILES string of the molecule is O=C(CSc1nnc(COc2ccccc2Cl)n1C1CC1)N1CCC[C@H]2CCCC[C@@H]21. The summed E-state index contributed by atoms with van der Waals surface area (Å²) in [7, 11) is 0. The van der Waals surface area contributed by atoms with Gasteiger partial charge in [-0.3, -0.25) is 9.36 Å². The summed E-state index contributed by atoms with van der Waals surface area (Å²) in [4.78, 5) is 15.3. The van der Waals surface area contributed by atoms with Gasteiger partial charge in [-0.1, -0.05) is 48.3 Å². The summed E-state index contributed by atoms with van der Waals surface area (Å²) in [6.45, 7) is 1.23. The summed E-state index contributed by atoms with van der Waals surface area (Å²) < 4.78 is 8.06. The first-order valence-electron chi connectivity index (χ1n) is 11.4. The van der Waals surface area contributed by atoms with Gasteiger partial charge in [-0.2, -0.15) is 0 Å². The number of piperidine rings is 1. The van der Waals surface area contributed by atoms with Crippen LogP contribution in [0.1, 0.15) is 63.2 Å². The second-order valence-corrected chi connectivity index (χ2v) is 10.2. The van der Waals surface area contributed by atoms with Crippen LogP contribution in [0.2, 0.25) is 5.02 Å². The highest BCUT2D eigenvalue weighted by Crippen LogP contribution is 2.40. The molecular formula is C23H29ClN4O2S. The number of benzene rings is 1. The Balaban J connectivity index is 1.23. The predicted molar refractivity (Wildman–Crippen MR) is 121 cm³/mol. The summed E-state index contributed by atoms with van der Waals surface area (Å²) in [5.41, 5.74) is 0. The van der Waals surface area contributed by atoms with E-state index in [4.69, 9.17) is 16.3 Å². The molecule has 1 aromatic heterocycles. The molecule has 0 bridgehead atoms. The molecular weight excluding hydrogens is 432 g/mol. The molecule has 2 aliphatic carbocycles. The van der Waals surface area contributed by atoms with Gasteiger partial charge in [0.2, 0.25) is 5.91 Å². The van der Waals surface area contributed by atoms with Crippen molar-refractivity contribution in [3.8, 4) is 5.75 Å². The smallest absolute Gasteiger partial charge is 0.233 e. The maximum Gasteiger partial charge on any atom is 0.233 e. The number of carbonyl (C=O) groups excluding carboxylic acids is 1. The van der Waals surface area contributed by atoms with Crippen LogP contribution in [0.25, 0.3) is 0 Å². The maximum absolute atomic E-state index is 13.1. The van der Waals surface area contributed by atoms with Crippen molar-refractivity contribution in [2.24, 2.45) is 5.92 Å². The van der Waals surface area contributed by atoms with E-state index in [0.29, 0.717) is 41.1 Å². The molecule has 2 heterocycles. The lowest BCUT2D eigenvalue weighted by molar-refractivity contribution is -0.134. The third-order valence-electron chi connectivity index (χ3n) is 6.73. The molecule has 1 aliphatic heterocycles. The summed E-state index contributed by atoms with van der Waals surface area (Å²) in [6, 6.07) is 8.31. The van der Waals surface area contributed by atoms with Crippen LogP contribution in [0.4, 0.5) is 0 Å². The number of halogens is 1. The Morgan fingerprint density at radius 2 is 1.90 bits per heavy atom. The lowest BCUT2D eigenvalue weighted by atomic mass is 9.78. The normalized spacial score (nSPS) is 23.5. The number of hydrogen-bond donors (Lipinski definition) is 0. The zero-order valence-corrected chi connectivity index (χ0v) is 19.3. The highest BCUT2D eigenvalue weighted by molar-refractivity contribution is 7.99. The molecule has 0 spiro atoms. The third-order valence-corrected chi connectivity index (χ3v) is 7.97. The van der Waals surface area contributed by atoms with Gasteiger partial charge in [-0.15, -0.1) is 10.2 Å². The number of ether oxygens (including phenoxy) is 1. The molecule has 0 radical (unpaired) electrons. The first-order valence-corrected chi connectivity index (χ1v) is 12.8. The van der Waals surface area contributed by atoms with Crippen molar-refractivity contribution in [3.05, 3.63) is 35.1 Å². The van der Waals surface area contributed by atoms with E-state index in [9.17, 15) is 4.79 Å². The number of amides is 1. The molecule has 3 aliphatic rings. The number of carbonyl (C=O) groups is 1. The van der Waals surface area contributed by atoms with Gasteiger partial charge < -0.3 is 9.64 Å². The van der Waals surface area contributed by atoms with E-state index in [2.05, 4.69) is 19.7 Å². The maximum atomic E-state index is 13.1. The number of fused-ring (bicyclic) bond motifs is 1. The minimum atomic E-state index is 0.251. The fourth-order valence-electron chi connectivity index (χ4n) is 5.05. The molecule has 31 heavy (non-hydrogen) atoms. The minimum Gasteiger partial charge on any atom is -0.484 e. The molecule has 1 saturated heterocycles. The van der Waals surface area contributed by atoms with Crippen LogP contribution >= 0.6 is 23.4 Å². The monoisotopic (exact) mass is 460 g/mol. The average Bonchev–Trinajstić information content (AvgIpc) is 3.56. The second-order valence-electron chi connectivity index (χ2n) is 8.85. The zero-order valence-electron chi connectivity index (χ0n) is 17.7. The number of nitrogens with zero attached hydrogens (tertiary/aromatic N) is 4. The van der Waals surface area contributed by atoms with Crippen LogP contribution in [0.5, 0.6) is 5.75 Å². The summed E-state index contributed by atoms with van der Waals surface area (Å²) >= 11 is 7.72. The topological polar surface area (TPSA) is 60.2 Å². The number of thioether (sulfide) groups is 1. The lowest BCUT2D eigenvalue weighted by Gasteiger charge is -2.44. The number of hydrogen-bond acceptors (Lipinski definition) is 5.